The molecule has 1 saturated heterocycles. The van der Waals surface area contributed by atoms with Crippen molar-refractivity contribution in [3.63, 3.8) is 0 Å². The lowest BCUT2D eigenvalue weighted by Crippen LogP contribution is -2.47. The fraction of sp³-hybridized carbons (Fsp3) is 0.818. The zero-order valence-corrected chi connectivity index (χ0v) is 10.2. The van der Waals surface area contributed by atoms with Gasteiger partial charge in [0.1, 0.15) is 6.04 Å². The summed E-state index contributed by atoms with van der Waals surface area (Å²) >= 11 is 0. The van der Waals surface area contributed by atoms with Crippen molar-refractivity contribution in [1.29, 1.82) is 0 Å². The Hall–Kier alpha value is -1.30. The lowest BCUT2D eigenvalue weighted by Gasteiger charge is -2.16. The van der Waals surface area contributed by atoms with E-state index in [0.717, 1.165) is 19.6 Å². The molecule has 2 amide bonds. The van der Waals surface area contributed by atoms with E-state index in [1.165, 1.54) is 12.8 Å². The molecule has 0 saturated carbocycles. The van der Waals surface area contributed by atoms with Gasteiger partial charge in [-0.2, -0.15) is 0 Å². The smallest absolute Gasteiger partial charge is 0.326 e. The Balaban J connectivity index is 2.13. The topological polar surface area (TPSA) is 81.7 Å². The molecular formula is C11H21N3O3. The van der Waals surface area contributed by atoms with Gasteiger partial charge in [-0.25, -0.2) is 9.59 Å². The number of amides is 2. The van der Waals surface area contributed by atoms with Crippen LogP contribution in [0.3, 0.4) is 0 Å². The number of carbonyl (C=O) groups excluding carboxylic acids is 1. The lowest BCUT2D eigenvalue weighted by atomic mass is 10.2. The summed E-state index contributed by atoms with van der Waals surface area (Å²) in [6.45, 7) is 5.30. The zero-order chi connectivity index (χ0) is 12.7. The Bertz CT molecular complexity index is 265. The van der Waals surface area contributed by atoms with E-state index in [4.69, 9.17) is 5.11 Å². The summed E-state index contributed by atoms with van der Waals surface area (Å²) in [7, 11) is 0. The van der Waals surface area contributed by atoms with Crippen LogP contribution in [0, 0.1) is 0 Å². The van der Waals surface area contributed by atoms with Crippen LogP contribution >= 0.6 is 0 Å². The number of carboxylic acids is 1. The number of nitrogens with one attached hydrogen (secondary N) is 2. The third kappa shape index (κ3) is 5.04. The highest BCUT2D eigenvalue weighted by Crippen LogP contribution is 2.05. The number of likely N-dealkylation sites (tertiary alicyclic amines) is 1. The van der Waals surface area contributed by atoms with Crippen LogP contribution in [0.5, 0.6) is 0 Å². The SMILES string of the molecule is CCC(NC(=O)NCCN1CCCC1)C(=O)O. The molecule has 0 bridgehead atoms. The fourth-order valence-electron chi connectivity index (χ4n) is 1.88. The minimum atomic E-state index is -0.998. The Kier molecular flexibility index (Phi) is 5.76. The molecule has 1 unspecified atom stereocenters. The average molecular weight is 243 g/mol. The summed E-state index contributed by atoms with van der Waals surface area (Å²) < 4.78 is 0. The van der Waals surface area contributed by atoms with Crippen LogP contribution in [0.1, 0.15) is 26.2 Å². The third-order valence-electron chi connectivity index (χ3n) is 2.92. The van der Waals surface area contributed by atoms with E-state index in [0.29, 0.717) is 13.0 Å². The van der Waals surface area contributed by atoms with E-state index in [1.54, 1.807) is 6.92 Å². The second-order valence-corrected chi connectivity index (χ2v) is 4.25. The first kappa shape index (κ1) is 13.8. The van der Waals surface area contributed by atoms with Crippen molar-refractivity contribution < 1.29 is 14.7 Å². The zero-order valence-electron chi connectivity index (χ0n) is 10.2. The van der Waals surface area contributed by atoms with Gasteiger partial charge in [-0.15, -0.1) is 0 Å². The maximum atomic E-state index is 11.4. The minimum absolute atomic E-state index is 0.384. The number of hydrogen-bond donors (Lipinski definition) is 3. The van der Waals surface area contributed by atoms with Gasteiger partial charge in [0.05, 0.1) is 0 Å². The Morgan fingerprint density at radius 2 is 2.00 bits per heavy atom. The number of rotatable bonds is 6. The molecule has 6 nitrogen and oxygen atoms in total. The molecule has 0 aromatic rings. The average Bonchev–Trinajstić information content (AvgIpc) is 2.78. The molecule has 98 valence electrons. The van der Waals surface area contributed by atoms with E-state index in [1.807, 2.05) is 0 Å². The molecule has 3 N–H and O–H groups in total. The molecule has 1 fully saturated rings. The molecule has 0 spiro atoms. The summed E-state index contributed by atoms with van der Waals surface area (Å²) in [5.74, 6) is -0.998. The second kappa shape index (κ2) is 7.11. The number of carbonyl (C=O) groups is 2. The predicted octanol–water partition coefficient (Wildman–Crippen LogP) is 0.245. The van der Waals surface area contributed by atoms with Gasteiger partial charge in [-0.1, -0.05) is 6.92 Å². The molecule has 0 radical (unpaired) electrons. The lowest BCUT2D eigenvalue weighted by molar-refractivity contribution is -0.139. The van der Waals surface area contributed by atoms with Crippen LogP contribution in [0.25, 0.3) is 0 Å². The van der Waals surface area contributed by atoms with E-state index in [9.17, 15) is 9.59 Å². The molecule has 1 aliphatic heterocycles. The molecule has 6 heteroatoms. The van der Waals surface area contributed by atoms with Gasteiger partial charge in [0.25, 0.3) is 0 Å². The van der Waals surface area contributed by atoms with Crippen LogP contribution in [-0.2, 0) is 4.79 Å². The number of urea groups is 1. The van der Waals surface area contributed by atoms with Gasteiger partial charge < -0.3 is 20.6 Å². The van der Waals surface area contributed by atoms with Crippen LogP contribution in [0.4, 0.5) is 4.79 Å². The largest absolute Gasteiger partial charge is 0.480 e. The molecule has 1 aliphatic rings. The minimum Gasteiger partial charge on any atom is -0.480 e. The molecule has 1 heterocycles. The monoisotopic (exact) mass is 243 g/mol. The van der Waals surface area contributed by atoms with Crippen molar-refractivity contribution in [2.45, 2.75) is 32.2 Å². The Morgan fingerprint density at radius 3 is 2.53 bits per heavy atom. The number of nitrogens with zero attached hydrogens (tertiary/aromatic N) is 1. The van der Waals surface area contributed by atoms with Crippen molar-refractivity contribution >= 4 is 12.0 Å². The molecule has 0 aliphatic carbocycles. The van der Waals surface area contributed by atoms with Crippen molar-refractivity contribution in [3.05, 3.63) is 0 Å². The van der Waals surface area contributed by atoms with Crippen molar-refractivity contribution in [2.24, 2.45) is 0 Å². The van der Waals surface area contributed by atoms with E-state index in [-0.39, 0.29) is 0 Å². The third-order valence-corrected chi connectivity index (χ3v) is 2.92. The number of carboxylic acid groups (broad SMARTS) is 1. The molecule has 17 heavy (non-hydrogen) atoms. The standard InChI is InChI=1S/C11H21N3O3/c1-2-9(10(15)16)13-11(17)12-5-8-14-6-3-4-7-14/h9H,2-8H2,1H3,(H,15,16)(H2,12,13,17). The highest BCUT2D eigenvalue weighted by molar-refractivity contribution is 5.82. The fourth-order valence-corrected chi connectivity index (χ4v) is 1.88. The molecule has 1 atom stereocenters. The highest BCUT2D eigenvalue weighted by Gasteiger charge is 2.17. The van der Waals surface area contributed by atoms with Gasteiger partial charge in [0, 0.05) is 13.1 Å². The molecule has 0 aromatic carbocycles. The first-order chi connectivity index (χ1) is 8.13. The second-order valence-electron chi connectivity index (χ2n) is 4.25. The van der Waals surface area contributed by atoms with E-state index < -0.39 is 18.0 Å². The van der Waals surface area contributed by atoms with Gasteiger partial charge in [-0.3, -0.25) is 0 Å². The summed E-state index contributed by atoms with van der Waals surface area (Å²) in [4.78, 5) is 24.4. The van der Waals surface area contributed by atoms with E-state index in [2.05, 4.69) is 15.5 Å². The van der Waals surface area contributed by atoms with Gasteiger partial charge >= 0.3 is 12.0 Å². The number of aliphatic carboxylic acids is 1. The molecular weight excluding hydrogens is 222 g/mol. The summed E-state index contributed by atoms with van der Waals surface area (Å²) in [6.07, 6.45) is 2.83. The van der Waals surface area contributed by atoms with Crippen LogP contribution in [-0.4, -0.2) is 54.2 Å². The highest BCUT2D eigenvalue weighted by atomic mass is 16.4. The van der Waals surface area contributed by atoms with Gasteiger partial charge in [0.2, 0.25) is 0 Å². The van der Waals surface area contributed by atoms with Crippen molar-refractivity contribution in [2.75, 3.05) is 26.2 Å². The molecule has 1 rings (SSSR count). The summed E-state index contributed by atoms with van der Waals surface area (Å²) in [5, 5.41) is 13.9. The maximum absolute atomic E-state index is 11.4. The Morgan fingerprint density at radius 1 is 1.35 bits per heavy atom. The van der Waals surface area contributed by atoms with Crippen LogP contribution < -0.4 is 10.6 Å². The molecule has 0 aromatic heterocycles. The quantitative estimate of drug-likeness (QED) is 0.624. The Labute approximate surface area is 101 Å². The maximum Gasteiger partial charge on any atom is 0.326 e. The van der Waals surface area contributed by atoms with Gasteiger partial charge in [0.15, 0.2) is 0 Å². The normalized spacial score (nSPS) is 17.7. The van der Waals surface area contributed by atoms with Crippen LogP contribution in [0.2, 0.25) is 0 Å². The first-order valence-corrected chi connectivity index (χ1v) is 6.13. The van der Waals surface area contributed by atoms with Crippen molar-refractivity contribution in [3.8, 4) is 0 Å². The first-order valence-electron chi connectivity index (χ1n) is 6.13. The predicted molar refractivity (Wildman–Crippen MR) is 63.9 cm³/mol. The van der Waals surface area contributed by atoms with Crippen molar-refractivity contribution in [1.82, 2.24) is 15.5 Å². The number of hydrogen-bond acceptors (Lipinski definition) is 3. The summed E-state index contributed by atoms with van der Waals surface area (Å²) in [5.41, 5.74) is 0. The van der Waals surface area contributed by atoms with Crippen LogP contribution in [0.15, 0.2) is 0 Å². The summed E-state index contributed by atoms with van der Waals surface area (Å²) in [6, 6.07) is -1.21. The van der Waals surface area contributed by atoms with Gasteiger partial charge in [-0.05, 0) is 32.4 Å². The van der Waals surface area contributed by atoms with E-state index >= 15 is 0 Å².